The van der Waals surface area contributed by atoms with Crippen molar-refractivity contribution in [1.29, 1.82) is 0 Å². The van der Waals surface area contributed by atoms with Crippen molar-refractivity contribution in [3.8, 4) is 5.75 Å². The van der Waals surface area contributed by atoms with Crippen molar-refractivity contribution in [2.45, 2.75) is 12.8 Å². The lowest BCUT2D eigenvalue weighted by molar-refractivity contribution is 0.415. The maximum Gasteiger partial charge on any atom is 0.118 e. The lowest BCUT2D eigenvalue weighted by atomic mass is 10.1. The number of allylic oxidation sites excluding steroid dienone is 1. The number of benzene rings is 1. The average Bonchev–Trinajstić information content (AvgIpc) is 2.27. The Morgan fingerprint density at radius 3 is 2.53 bits per heavy atom. The van der Waals surface area contributed by atoms with Crippen molar-refractivity contribution in [3.05, 3.63) is 35.5 Å². The van der Waals surface area contributed by atoms with Crippen LogP contribution in [0.25, 0.3) is 6.08 Å². The summed E-state index contributed by atoms with van der Waals surface area (Å²) in [6, 6.07) is 7.80. The predicted molar refractivity (Wildman–Crippen MR) is 63.4 cm³/mol. The second-order valence-electron chi connectivity index (χ2n) is 3.38. The summed E-state index contributed by atoms with van der Waals surface area (Å²) in [4.78, 5) is 0. The van der Waals surface area contributed by atoms with Gasteiger partial charge in [0.25, 0.3) is 0 Å². The summed E-state index contributed by atoms with van der Waals surface area (Å²) in [5.74, 6) is 0.854. The van der Waals surface area contributed by atoms with Gasteiger partial charge in [-0.05, 0) is 43.2 Å². The van der Waals surface area contributed by atoms with Crippen LogP contribution in [0.4, 0.5) is 0 Å². The van der Waals surface area contributed by atoms with Gasteiger partial charge in [0.1, 0.15) is 5.75 Å². The molecule has 0 saturated heterocycles. The molecular weight excluding hydrogens is 188 g/mol. The highest BCUT2D eigenvalue weighted by molar-refractivity contribution is 5.53. The van der Waals surface area contributed by atoms with Crippen LogP contribution in [0.5, 0.6) is 5.75 Å². The molecule has 0 bridgehead atoms. The van der Waals surface area contributed by atoms with Crippen LogP contribution in [0.1, 0.15) is 18.4 Å². The van der Waals surface area contributed by atoms with Gasteiger partial charge in [-0.25, -0.2) is 0 Å². The minimum absolute atomic E-state index is 0.678. The fourth-order valence-electron chi connectivity index (χ4n) is 1.29. The number of rotatable bonds is 5. The third-order valence-corrected chi connectivity index (χ3v) is 2.14. The molecule has 0 aliphatic rings. The maximum atomic E-state index is 5.84. The van der Waals surface area contributed by atoms with E-state index in [4.69, 9.17) is 16.2 Å². The second-order valence-corrected chi connectivity index (χ2v) is 3.38. The van der Waals surface area contributed by atoms with Gasteiger partial charge in [0.05, 0.1) is 7.11 Å². The molecule has 1 aromatic carbocycles. The first kappa shape index (κ1) is 11.6. The van der Waals surface area contributed by atoms with Crippen LogP contribution in [0, 0.1) is 0 Å². The molecule has 4 N–H and O–H groups in total. The molecular formula is C12H18N2O. The standard InChI is InChI=1S/C12H18N2O/c1-15-12-6-4-10(5-7-12)9-11(14)3-2-8-13/h4-7,9H,2-3,8,13-14H2,1H3. The fourth-order valence-corrected chi connectivity index (χ4v) is 1.29. The molecule has 0 heterocycles. The Morgan fingerprint density at radius 2 is 2.00 bits per heavy atom. The Balaban J connectivity index is 2.62. The van der Waals surface area contributed by atoms with Crippen molar-refractivity contribution in [3.63, 3.8) is 0 Å². The highest BCUT2D eigenvalue weighted by Gasteiger charge is 1.93. The number of ether oxygens (including phenoxy) is 1. The minimum atomic E-state index is 0.678. The van der Waals surface area contributed by atoms with E-state index < -0.39 is 0 Å². The molecule has 0 amide bonds. The summed E-state index contributed by atoms with van der Waals surface area (Å²) in [7, 11) is 1.65. The van der Waals surface area contributed by atoms with Crippen LogP contribution >= 0.6 is 0 Å². The zero-order valence-corrected chi connectivity index (χ0v) is 9.07. The molecule has 0 unspecified atom stereocenters. The van der Waals surface area contributed by atoms with Crippen molar-refractivity contribution in [2.75, 3.05) is 13.7 Å². The van der Waals surface area contributed by atoms with E-state index in [9.17, 15) is 0 Å². The van der Waals surface area contributed by atoms with Gasteiger partial charge in [0.2, 0.25) is 0 Å². The molecule has 0 aliphatic carbocycles. The molecule has 15 heavy (non-hydrogen) atoms. The Kier molecular flexibility index (Phi) is 4.71. The van der Waals surface area contributed by atoms with Gasteiger partial charge < -0.3 is 16.2 Å². The van der Waals surface area contributed by atoms with Crippen molar-refractivity contribution in [1.82, 2.24) is 0 Å². The van der Waals surface area contributed by atoms with Crippen molar-refractivity contribution in [2.24, 2.45) is 11.5 Å². The molecule has 3 heteroatoms. The summed E-state index contributed by atoms with van der Waals surface area (Å²) >= 11 is 0. The highest BCUT2D eigenvalue weighted by atomic mass is 16.5. The second kappa shape index (κ2) is 6.09. The first-order valence-electron chi connectivity index (χ1n) is 5.06. The van der Waals surface area contributed by atoms with Gasteiger partial charge in [-0.1, -0.05) is 12.1 Å². The molecule has 0 aromatic heterocycles. The molecule has 0 saturated carbocycles. The molecule has 0 spiro atoms. The average molecular weight is 206 g/mol. The van der Waals surface area contributed by atoms with Gasteiger partial charge in [0.15, 0.2) is 0 Å². The fraction of sp³-hybridized carbons (Fsp3) is 0.333. The molecule has 3 nitrogen and oxygen atoms in total. The quantitative estimate of drug-likeness (QED) is 0.771. The molecule has 1 aromatic rings. The molecule has 0 aliphatic heterocycles. The van der Waals surface area contributed by atoms with Crippen molar-refractivity contribution < 1.29 is 4.74 Å². The normalized spacial score (nSPS) is 11.5. The number of hydrogen-bond donors (Lipinski definition) is 2. The summed E-state index contributed by atoms with van der Waals surface area (Å²) < 4.78 is 5.07. The lowest BCUT2D eigenvalue weighted by Crippen LogP contribution is -2.03. The highest BCUT2D eigenvalue weighted by Crippen LogP contribution is 2.13. The molecule has 0 fully saturated rings. The molecule has 1 rings (SSSR count). The predicted octanol–water partition coefficient (Wildman–Crippen LogP) is 1.73. The number of methoxy groups -OCH3 is 1. The van der Waals surface area contributed by atoms with Crippen LogP contribution in [0.15, 0.2) is 30.0 Å². The lowest BCUT2D eigenvalue weighted by Gasteiger charge is -2.02. The van der Waals surface area contributed by atoms with Gasteiger partial charge >= 0.3 is 0 Å². The van der Waals surface area contributed by atoms with E-state index in [0.717, 1.165) is 29.9 Å². The zero-order chi connectivity index (χ0) is 11.1. The van der Waals surface area contributed by atoms with E-state index in [2.05, 4.69) is 0 Å². The van der Waals surface area contributed by atoms with E-state index in [-0.39, 0.29) is 0 Å². The van der Waals surface area contributed by atoms with Gasteiger partial charge in [-0.3, -0.25) is 0 Å². The van der Waals surface area contributed by atoms with E-state index >= 15 is 0 Å². The van der Waals surface area contributed by atoms with Crippen LogP contribution < -0.4 is 16.2 Å². The van der Waals surface area contributed by atoms with Crippen LogP contribution in [-0.4, -0.2) is 13.7 Å². The van der Waals surface area contributed by atoms with E-state index in [1.54, 1.807) is 7.11 Å². The summed E-state index contributed by atoms with van der Waals surface area (Å²) in [5.41, 5.74) is 13.2. The summed E-state index contributed by atoms with van der Waals surface area (Å²) in [6.45, 7) is 0.678. The first-order chi connectivity index (χ1) is 7.26. The Hall–Kier alpha value is -1.48. The van der Waals surface area contributed by atoms with E-state index in [1.807, 2.05) is 30.3 Å². The Labute approximate surface area is 90.7 Å². The van der Waals surface area contributed by atoms with E-state index in [1.165, 1.54) is 0 Å². The maximum absolute atomic E-state index is 5.84. The zero-order valence-electron chi connectivity index (χ0n) is 9.07. The molecule has 82 valence electrons. The van der Waals surface area contributed by atoms with Gasteiger partial charge in [-0.2, -0.15) is 0 Å². The molecule has 0 radical (unpaired) electrons. The van der Waals surface area contributed by atoms with Crippen LogP contribution in [0.2, 0.25) is 0 Å². The van der Waals surface area contributed by atoms with Crippen molar-refractivity contribution >= 4 is 6.08 Å². The van der Waals surface area contributed by atoms with Gasteiger partial charge in [0, 0.05) is 5.70 Å². The van der Waals surface area contributed by atoms with Gasteiger partial charge in [-0.15, -0.1) is 0 Å². The van der Waals surface area contributed by atoms with Crippen LogP contribution in [0.3, 0.4) is 0 Å². The SMILES string of the molecule is COc1ccc(C=C(N)CCCN)cc1. The van der Waals surface area contributed by atoms with Crippen LogP contribution in [-0.2, 0) is 0 Å². The third kappa shape index (κ3) is 4.04. The smallest absolute Gasteiger partial charge is 0.118 e. The topological polar surface area (TPSA) is 61.3 Å². The largest absolute Gasteiger partial charge is 0.497 e. The first-order valence-corrected chi connectivity index (χ1v) is 5.06. The Morgan fingerprint density at radius 1 is 1.33 bits per heavy atom. The third-order valence-electron chi connectivity index (χ3n) is 2.14. The van der Waals surface area contributed by atoms with E-state index in [0.29, 0.717) is 6.54 Å². The summed E-state index contributed by atoms with van der Waals surface area (Å²) in [5, 5.41) is 0. The minimum Gasteiger partial charge on any atom is -0.497 e. The number of nitrogens with two attached hydrogens (primary N) is 2. The number of hydrogen-bond acceptors (Lipinski definition) is 3. The summed E-state index contributed by atoms with van der Waals surface area (Å²) in [6.07, 6.45) is 3.75. The monoisotopic (exact) mass is 206 g/mol. The molecule has 0 atom stereocenters. The Bertz CT molecular complexity index is 317.